The molecule has 23 heavy (non-hydrogen) atoms. The summed E-state index contributed by atoms with van der Waals surface area (Å²) in [5.41, 5.74) is 4.86. The van der Waals surface area contributed by atoms with E-state index in [2.05, 4.69) is 41.4 Å². The molecular formula is C19H20N2O2. The number of aliphatic imine (C=N–C) groups is 1. The van der Waals surface area contributed by atoms with Crippen molar-refractivity contribution >= 4 is 11.9 Å². The van der Waals surface area contributed by atoms with Crippen LogP contribution in [0.3, 0.4) is 0 Å². The summed E-state index contributed by atoms with van der Waals surface area (Å²) in [7, 11) is 0. The Hall–Kier alpha value is -2.62. The van der Waals surface area contributed by atoms with Gasteiger partial charge in [-0.1, -0.05) is 48.5 Å². The number of amidine groups is 1. The third-order valence-electron chi connectivity index (χ3n) is 3.84. The van der Waals surface area contributed by atoms with Gasteiger partial charge >= 0.3 is 0 Å². The fraction of sp³-hybridized carbons (Fsp3) is 0.263. The standard InChI is InChI=1S/C19H20N2O2/c1-3-23-19(20-14(2)22)21-12-15-8-4-6-10-17(15)18-11-7-5-9-16(18)13-21/h4-11H,3,12-13H2,1-2H3. The van der Waals surface area contributed by atoms with Crippen molar-refractivity contribution in [2.24, 2.45) is 4.99 Å². The van der Waals surface area contributed by atoms with Gasteiger partial charge in [0.25, 0.3) is 6.02 Å². The summed E-state index contributed by atoms with van der Waals surface area (Å²) in [5.74, 6) is -0.251. The highest BCUT2D eigenvalue weighted by Crippen LogP contribution is 2.32. The maximum Gasteiger partial charge on any atom is 0.295 e. The maximum atomic E-state index is 11.5. The van der Waals surface area contributed by atoms with Crippen LogP contribution < -0.4 is 0 Å². The van der Waals surface area contributed by atoms with Crippen molar-refractivity contribution in [3.8, 4) is 11.1 Å². The Morgan fingerprint density at radius 3 is 2.04 bits per heavy atom. The van der Waals surface area contributed by atoms with E-state index >= 15 is 0 Å². The van der Waals surface area contributed by atoms with Gasteiger partial charge in [-0.05, 0) is 29.2 Å². The van der Waals surface area contributed by atoms with Crippen LogP contribution in [0.1, 0.15) is 25.0 Å². The van der Waals surface area contributed by atoms with Crippen molar-refractivity contribution in [3.05, 3.63) is 59.7 Å². The first-order valence-corrected chi connectivity index (χ1v) is 7.82. The summed E-state index contributed by atoms with van der Waals surface area (Å²) in [4.78, 5) is 17.5. The van der Waals surface area contributed by atoms with Gasteiger partial charge in [0.05, 0.1) is 6.61 Å². The van der Waals surface area contributed by atoms with E-state index in [4.69, 9.17) is 4.74 Å². The number of hydrogen-bond donors (Lipinski definition) is 0. The molecule has 0 radical (unpaired) electrons. The summed E-state index contributed by atoms with van der Waals surface area (Å²) in [6, 6.07) is 17.1. The van der Waals surface area contributed by atoms with Crippen LogP contribution in [0.2, 0.25) is 0 Å². The van der Waals surface area contributed by atoms with Crippen LogP contribution in [0.5, 0.6) is 0 Å². The van der Waals surface area contributed by atoms with Crippen LogP contribution in [0.15, 0.2) is 53.5 Å². The van der Waals surface area contributed by atoms with E-state index in [0.717, 1.165) is 0 Å². The van der Waals surface area contributed by atoms with Crippen LogP contribution in [-0.2, 0) is 22.6 Å². The van der Waals surface area contributed by atoms with E-state index in [-0.39, 0.29) is 5.91 Å². The van der Waals surface area contributed by atoms with Crippen molar-refractivity contribution in [2.45, 2.75) is 26.9 Å². The van der Waals surface area contributed by atoms with Gasteiger partial charge in [0.15, 0.2) is 0 Å². The molecule has 0 saturated carbocycles. The minimum Gasteiger partial charge on any atom is -0.465 e. The van der Waals surface area contributed by atoms with Crippen LogP contribution in [-0.4, -0.2) is 23.4 Å². The lowest BCUT2D eigenvalue weighted by Gasteiger charge is -2.24. The Bertz CT molecular complexity index is 705. The molecular weight excluding hydrogens is 288 g/mol. The van der Waals surface area contributed by atoms with Crippen molar-refractivity contribution in [2.75, 3.05) is 6.61 Å². The number of nitrogens with zero attached hydrogens (tertiary/aromatic N) is 2. The second-order valence-corrected chi connectivity index (χ2v) is 5.52. The molecule has 1 aliphatic rings. The molecule has 3 rings (SSSR count). The van der Waals surface area contributed by atoms with Crippen molar-refractivity contribution in [3.63, 3.8) is 0 Å². The summed E-state index contributed by atoms with van der Waals surface area (Å²) in [5, 5.41) is 0. The second kappa shape index (κ2) is 6.65. The highest BCUT2D eigenvalue weighted by Gasteiger charge is 2.22. The molecule has 0 atom stereocenters. The lowest BCUT2D eigenvalue weighted by molar-refractivity contribution is -0.115. The third kappa shape index (κ3) is 3.26. The minimum absolute atomic E-state index is 0.251. The first-order valence-electron chi connectivity index (χ1n) is 7.82. The lowest BCUT2D eigenvalue weighted by Crippen LogP contribution is -2.32. The quantitative estimate of drug-likeness (QED) is 0.597. The Morgan fingerprint density at radius 1 is 1.04 bits per heavy atom. The van der Waals surface area contributed by atoms with Crippen LogP contribution >= 0.6 is 0 Å². The topological polar surface area (TPSA) is 41.9 Å². The molecule has 1 heterocycles. The van der Waals surface area contributed by atoms with Crippen molar-refractivity contribution in [1.29, 1.82) is 0 Å². The van der Waals surface area contributed by atoms with E-state index in [9.17, 15) is 4.79 Å². The summed E-state index contributed by atoms with van der Waals surface area (Å²) >= 11 is 0. The first kappa shape index (κ1) is 15.3. The normalized spacial score (nSPS) is 13.8. The molecule has 1 amide bonds. The van der Waals surface area contributed by atoms with Crippen LogP contribution in [0, 0.1) is 0 Å². The second-order valence-electron chi connectivity index (χ2n) is 5.52. The number of carbonyl (C=O) groups is 1. The smallest absolute Gasteiger partial charge is 0.295 e. The Morgan fingerprint density at radius 2 is 1.57 bits per heavy atom. The van der Waals surface area contributed by atoms with Gasteiger partial charge < -0.3 is 9.64 Å². The summed E-state index contributed by atoms with van der Waals surface area (Å²) in [6.45, 7) is 5.15. The molecule has 118 valence electrons. The van der Waals surface area contributed by atoms with Gasteiger partial charge in [0.1, 0.15) is 0 Å². The molecule has 0 saturated heterocycles. The zero-order chi connectivity index (χ0) is 16.2. The number of hydrogen-bond acceptors (Lipinski definition) is 2. The van der Waals surface area contributed by atoms with Crippen molar-refractivity contribution < 1.29 is 9.53 Å². The van der Waals surface area contributed by atoms with Gasteiger partial charge in [0.2, 0.25) is 5.91 Å². The van der Waals surface area contributed by atoms with Crippen LogP contribution in [0.4, 0.5) is 0 Å². The molecule has 0 fully saturated rings. The summed E-state index contributed by atoms with van der Waals surface area (Å²) in [6.07, 6.45) is 0. The van der Waals surface area contributed by atoms with Crippen molar-refractivity contribution in [1.82, 2.24) is 4.90 Å². The van der Waals surface area contributed by atoms with E-state index in [0.29, 0.717) is 25.7 Å². The Labute approximate surface area is 136 Å². The molecule has 4 nitrogen and oxygen atoms in total. The lowest BCUT2D eigenvalue weighted by atomic mass is 9.97. The highest BCUT2D eigenvalue weighted by atomic mass is 16.5. The molecule has 0 N–H and O–H groups in total. The van der Waals surface area contributed by atoms with E-state index in [1.165, 1.54) is 29.2 Å². The fourth-order valence-corrected chi connectivity index (χ4v) is 2.90. The molecule has 0 aromatic heterocycles. The van der Waals surface area contributed by atoms with E-state index < -0.39 is 0 Å². The number of fused-ring (bicyclic) bond motifs is 3. The molecule has 0 unspecified atom stereocenters. The van der Waals surface area contributed by atoms with Gasteiger partial charge in [-0.25, -0.2) is 0 Å². The number of carbonyl (C=O) groups excluding carboxylic acids is 1. The van der Waals surface area contributed by atoms with Gasteiger partial charge in [-0.15, -0.1) is 0 Å². The van der Waals surface area contributed by atoms with Crippen LogP contribution in [0.25, 0.3) is 11.1 Å². The molecule has 4 heteroatoms. The van der Waals surface area contributed by atoms with E-state index in [1.54, 1.807) is 0 Å². The third-order valence-corrected chi connectivity index (χ3v) is 3.84. The molecule has 0 aliphatic carbocycles. The molecule has 2 aromatic carbocycles. The maximum absolute atomic E-state index is 11.5. The largest absolute Gasteiger partial charge is 0.465 e. The number of rotatable bonds is 1. The zero-order valence-electron chi connectivity index (χ0n) is 13.5. The molecule has 1 aliphatic heterocycles. The highest BCUT2D eigenvalue weighted by molar-refractivity contribution is 5.89. The number of ether oxygens (including phenoxy) is 1. The average molecular weight is 308 g/mol. The number of amides is 1. The first-order chi connectivity index (χ1) is 11.2. The van der Waals surface area contributed by atoms with Gasteiger partial charge in [-0.2, -0.15) is 4.99 Å². The minimum atomic E-state index is -0.251. The molecule has 2 aromatic rings. The van der Waals surface area contributed by atoms with Gasteiger partial charge in [-0.3, -0.25) is 4.79 Å². The van der Waals surface area contributed by atoms with E-state index in [1.807, 2.05) is 24.0 Å². The zero-order valence-corrected chi connectivity index (χ0v) is 13.5. The monoisotopic (exact) mass is 308 g/mol. The SMILES string of the molecule is CCOC(=NC(C)=O)N1Cc2ccccc2-c2ccccc2C1. The molecule has 0 spiro atoms. The number of benzene rings is 2. The predicted octanol–water partition coefficient (Wildman–Crippen LogP) is 3.61. The van der Waals surface area contributed by atoms with Gasteiger partial charge in [0, 0.05) is 20.0 Å². The fourth-order valence-electron chi connectivity index (χ4n) is 2.90. The summed E-state index contributed by atoms with van der Waals surface area (Å²) < 4.78 is 5.63. The average Bonchev–Trinajstić information content (AvgIpc) is 2.71. The predicted molar refractivity (Wildman–Crippen MR) is 90.9 cm³/mol. The Kier molecular flexibility index (Phi) is 4.42. The Balaban J connectivity index is 2.08. The molecule has 0 bridgehead atoms.